The van der Waals surface area contributed by atoms with E-state index >= 15 is 0 Å². The Balaban J connectivity index is 1.61. The van der Waals surface area contributed by atoms with Gasteiger partial charge < -0.3 is 9.80 Å². The van der Waals surface area contributed by atoms with Crippen molar-refractivity contribution < 1.29 is 4.79 Å². The second-order valence-corrected chi connectivity index (χ2v) is 5.43. The largest absolute Gasteiger partial charge is 0.345 e. The maximum Gasteiger partial charge on any atom is 0.293 e. The van der Waals surface area contributed by atoms with Gasteiger partial charge in [-0.1, -0.05) is 6.92 Å². The summed E-state index contributed by atoms with van der Waals surface area (Å²) in [4.78, 5) is 24.8. The Kier molecular flexibility index (Phi) is 3.64. The summed E-state index contributed by atoms with van der Waals surface area (Å²) in [6.07, 6.45) is 2.55. The highest BCUT2D eigenvalue weighted by Gasteiger charge is 2.25. The van der Waals surface area contributed by atoms with Crippen LogP contribution in [0.15, 0.2) is 11.6 Å². The number of H-pyrrole nitrogens is 1. The lowest BCUT2D eigenvalue weighted by atomic mass is 10.3. The molecule has 1 aliphatic rings. The first-order valence-corrected chi connectivity index (χ1v) is 7.51. The summed E-state index contributed by atoms with van der Waals surface area (Å²) in [6, 6.07) is 0. The molecule has 3 rings (SSSR count). The van der Waals surface area contributed by atoms with Crippen molar-refractivity contribution in [3.05, 3.63) is 23.2 Å². The SMILES string of the molecule is CCc1nc(C(=O)N2CCN(c3nccs3)CC2)n[nH]1. The Morgan fingerprint density at radius 2 is 2.20 bits per heavy atom. The smallest absolute Gasteiger partial charge is 0.293 e. The molecule has 0 aliphatic carbocycles. The van der Waals surface area contributed by atoms with Crippen LogP contribution in [0.2, 0.25) is 0 Å². The van der Waals surface area contributed by atoms with E-state index in [9.17, 15) is 4.79 Å². The molecule has 0 spiro atoms. The van der Waals surface area contributed by atoms with Crippen LogP contribution in [0.25, 0.3) is 0 Å². The van der Waals surface area contributed by atoms with Gasteiger partial charge in [-0.3, -0.25) is 9.89 Å². The van der Waals surface area contributed by atoms with Crippen LogP contribution in [0.1, 0.15) is 23.4 Å². The van der Waals surface area contributed by atoms with Crippen molar-refractivity contribution >= 4 is 22.4 Å². The van der Waals surface area contributed by atoms with Crippen molar-refractivity contribution in [1.82, 2.24) is 25.1 Å². The van der Waals surface area contributed by atoms with Crippen LogP contribution < -0.4 is 4.90 Å². The van der Waals surface area contributed by atoms with Gasteiger partial charge in [-0.2, -0.15) is 0 Å². The molecule has 0 unspecified atom stereocenters. The van der Waals surface area contributed by atoms with Crippen molar-refractivity contribution in [2.75, 3.05) is 31.1 Å². The molecule has 106 valence electrons. The van der Waals surface area contributed by atoms with E-state index in [1.54, 1.807) is 22.4 Å². The summed E-state index contributed by atoms with van der Waals surface area (Å²) < 4.78 is 0. The average Bonchev–Trinajstić information content (AvgIpc) is 3.18. The van der Waals surface area contributed by atoms with Gasteiger partial charge in [-0.15, -0.1) is 16.4 Å². The zero-order valence-corrected chi connectivity index (χ0v) is 12.1. The third-order valence-electron chi connectivity index (χ3n) is 3.31. The maximum atomic E-state index is 12.3. The molecule has 7 nitrogen and oxygen atoms in total. The first kappa shape index (κ1) is 13.0. The van der Waals surface area contributed by atoms with Crippen molar-refractivity contribution in [2.24, 2.45) is 0 Å². The minimum absolute atomic E-state index is 0.0975. The van der Waals surface area contributed by atoms with Crippen LogP contribution in [0.3, 0.4) is 0 Å². The number of rotatable bonds is 3. The number of aryl methyl sites for hydroxylation is 1. The molecular formula is C12H16N6OS. The monoisotopic (exact) mass is 292 g/mol. The fourth-order valence-electron chi connectivity index (χ4n) is 2.16. The van der Waals surface area contributed by atoms with E-state index in [1.165, 1.54) is 0 Å². The lowest BCUT2D eigenvalue weighted by molar-refractivity contribution is 0.0735. The number of aromatic amines is 1. The van der Waals surface area contributed by atoms with Gasteiger partial charge in [-0.05, 0) is 0 Å². The lowest BCUT2D eigenvalue weighted by Gasteiger charge is -2.33. The molecule has 8 heteroatoms. The van der Waals surface area contributed by atoms with E-state index in [2.05, 4.69) is 25.1 Å². The summed E-state index contributed by atoms with van der Waals surface area (Å²) in [6.45, 7) is 4.92. The Bertz CT molecular complexity index is 573. The van der Waals surface area contributed by atoms with Crippen LogP contribution in [-0.4, -0.2) is 57.2 Å². The van der Waals surface area contributed by atoms with Crippen molar-refractivity contribution in [3.8, 4) is 0 Å². The Labute approximate surface area is 120 Å². The first-order valence-electron chi connectivity index (χ1n) is 6.63. The van der Waals surface area contributed by atoms with Crippen LogP contribution in [0, 0.1) is 0 Å². The Morgan fingerprint density at radius 3 is 2.80 bits per heavy atom. The van der Waals surface area contributed by atoms with Crippen LogP contribution in [-0.2, 0) is 6.42 Å². The van der Waals surface area contributed by atoms with E-state index in [-0.39, 0.29) is 11.7 Å². The number of hydrogen-bond donors (Lipinski definition) is 1. The standard InChI is InChI=1S/C12H16N6OS/c1-2-9-14-10(16-15-9)11(19)17-4-6-18(7-5-17)12-13-3-8-20-12/h3,8H,2,4-7H2,1H3,(H,14,15,16). The summed E-state index contributed by atoms with van der Waals surface area (Å²) in [7, 11) is 0. The molecule has 1 aliphatic heterocycles. The van der Waals surface area contributed by atoms with Crippen LogP contribution >= 0.6 is 11.3 Å². The Hall–Kier alpha value is -1.96. The molecule has 0 saturated carbocycles. The lowest BCUT2D eigenvalue weighted by Crippen LogP contribution is -2.49. The molecule has 0 bridgehead atoms. The zero-order valence-electron chi connectivity index (χ0n) is 11.2. The van der Waals surface area contributed by atoms with Crippen LogP contribution in [0.4, 0.5) is 5.13 Å². The molecule has 2 aromatic rings. The summed E-state index contributed by atoms with van der Waals surface area (Å²) in [5.41, 5.74) is 0. The molecule has 1 saturated heterocycles. The molecule has 1 amide bonds. The number of piperazine rings is 1. The second kappa shape index (κ2) is 5.58. The van der Waals surface area contributed by atoms with E-state index in [4.69, 9.17) is 0 Å². The number of aromatic nitrogens is 4. The van der Waals surface area contributed by atoms with Crippen molar-refractivity contribution in [1.29, 1.82) is 0 Å². The molecule has 2 aromatic heterocycles. The van der Waals surface area contributed by atoms with Crippen molar-refractivity contribution in [2.45, 2.75) is 13.3 Å². The van der Waals surface area contributed by atoms with E-state index < -0.39 is 0 Å². The molecule has 0 atom stereocenters. The molecule has 0 aromatic carbocycles. The van der Waals surface area contributed by atoms with Gasteiger partial charge in [0.2, 0.25) is 5.82 Å². The highest BCUT2D eigenvalue weighted by molar-refractivity contribution is 7.13. The van der Waals surface area contributed by atoms with Gasteiger partial charge >= 0.3 is 0 Å². The summed E-state index contributed by atoms with van der Waals surface area (Å²) in [5, 5.41) is 9.74. The van der Waals surface area contributed by atoms with Gasteiger partial charge in [-0.25, -0.2) is 9.97 Å². The number of anilines is 1. The first-order chi connectivity index (χ1) is 9.78. The van der Waals surface area contributed by atoms with Gasteiger partial charge in [0.05, 0.1) is 0 Å². The van der Waals surface area contributed by atoms with Gasteiger partial charge in [0.15, 0.2) is 5.13 Å². The topological polar surface area (TPSA) is 78.0 Å². The molecule has 1 fully saturated rings. The van der Waals surface area contributed by atoms with Crippen LogP contribution in [0.5, 0.6) is 0 Å². The zero-order chi connectivity index (χ0) is 13.9. The fraction of sp³-hybridized carbons (Fsp3) is 0.500. The van der Waals surface area contributed by atoms with Crippen molar-refractivity contribution in [3.63, 3.8) is 0 Å². The molecule has 0 radical (unpaired) electrons. The van der Waals surface area contributed by atoms with E-state index in [0.717, 1.165) is 30.5 Å². The van der Waals surface area contributed by atoms with E-state index in [1.807, 2.05) is 12.3 Å². The number of carbonyl (C=O) groups excluding carboxylic acids is 1. The fourth-order valence-corrected chi connectivity index (χ4v) is 2.86. The molecule has 1 N–H and O–H groups in total. The third-order valence-corrected chi connectivity index (χ3v) is 4.15. The summed E-state index contributed by atoms with van der Waals surface area (Å²) >= 11 is 1.62. The number of hydrogen-bond acceptors (Lipinski definition) is 6. The third kappa shape index (κ3) is 2.51. The number of nitrogens with zero attached hydrogens (tertiary/aromatic N) is 5. The number of thiazole rings is 1. The van der Waals surface area contributed by atoms with Gasteiger partial charge in [0.25, 0.3) is 5.91 Å². The quantitative estimate of drug-likeness (QED) is 0.905. The van der Waals surface area contributed by atoms with E-state index in [0.29, 0.717) is 13.1 Å². The molecular weight excluding hydrogens is 276 g/mol. The highest BCUT2D eigenvalue weighted by Crippen LogP contribution is 2.19. The second-order valence-electron chi connectivity index (χ2n) is 4.55. The predicted octanol–water partition coefficient (Wildman–Crippen LogP) is 0.786. The number of nitrogens with one attached hydrogen (secondary N) is 1. The van der Waals surface area contributed by atoms with Gasteiger partial charge in [0, 0.05) is 44.2 Å². The minimum Gasteiger partial charge on any atom is -0.345 e. The minimum atomic E-state index is -0.0975. The Morgan fingerprint density at radius 1 is 1.40 bits per heavy atom. The molecule has 20 heavy (non-hydrogen) atoms. The normalized spacial score (nSPS) is 15.7. The number of carbonyl (C=O) groups is 1. The number of amides is 1. The predicted molar refractivity (Wildman–Crippen MR) is 76.0 cm³/mol. The maximum absolute atomic E-state index is 12.3. The average molecular weight is 292 g/mol. The molecule has 3 heterocycles. The summed E-state index contributed by atoms with van der Waals surface area (Å²) in [5.74, 6) is 0.916. The highest BCUT2D eigenvalue weighted by atomic mass is 32.1. The van der Waals surface area contributed by atoms with Gasteiger partial charge in [0.1, 0.15) is 5.82 Å².